The lowest BCUT2D eigenvalue weighted by Crippen LogP contribution is -2.02. The average molecular weight is 345 g/mol. The van der Waals surface area contributed by atoms with E-state index < -0.39 is 0 Å². The number of hydrogen-bond acceptors (Lipinski definition) is 10. The van der Waals surface area contributed by atoms with Gasteiger partial charge in [-0.25, -0.2) is 19.6 Å². The molecule has 0 aliphatic rings. The fraction of sp³-hybridized carbons (Fsp3) is 0.0667. The lowest BCUT2D eigenvalue weighted by molar-refractivity contribution is 0.806. The van der Waals surface area contributed by atoms with E-state index in [9.17, 15) is 5.26 Å². The molecule has 0 fully saturated rings. The summed E-state index contributed by atoms with van der Waals surface area (Å²) in [5, 5.41) is 30.5. The van der Waals surface area contributed by atoms with Gasteiger partial charge in [0, 0.05) is 18.0 Å². The molecule has 4 N–H and O–H groups in total. The van der Waals surface area contributed by atoms with Crippen LogP contribution in [0, 0.1) is 29.6 Å². The Bertz CT molecular complexity index is 1080. The molecule has 26 heavy (non-hydrogen) atoms. The summed E-state index contributed by atoms with van der Waals surface area (Å²) in [7, 11) is 0. The second kappa shape index (κ2) is 6.62. The normalized spacial score (nSPS) is 10.6. The highest BCUT2D eigenvalue weighted by molar-refractivity contribution is 5.71. The van der Waals surface area contributed by atoms with Gasteiger partial charge in [-0.2, -0.15) is 10.5 Å². The first-order valence-electron chi connectivity index (χ1n) is 7.19. The molecule has 0 bridgehead atoms. The van der Waals surface area contributed by atoms with E-state index in [2.05, 4.69) is 30.3 Å². The fourth-order valence-electron chi connectivity index (χ4n) is 2.14. The molecule has 0 atom stereocenters. The van der Waals surface area contributed by atoms with Gasteiger partial charge in [-0.15, -0.1) is 15.3 Å². The number of nitrogens with zero attached hydrogens (tertiary/aromatic N) is 9. The van der Waals surface area contributed by atoms with E-state index in [0.29, 0.717) is 5.56 Å². The summed E-state index contributed by atoms with van der Waals surface area (Å²) in [5.74, 6) is 0.368. The highest BCUT2D eigenvalue weighted by atomic mass is 15.4. The predicted molar refractivity (Wildman–Crippen MR) is 90.6 cm³/mol. The second-order valence-corrected chi connectivity index (χ2v) is 5.01. The minimum atomic E-state index is 0.0182. The molecule has 0 aliphatic carbocycles. The Balaban J connectivity index is 2.04. The third-order valence-corrected chi connectivity index (χ3v) is 3.40. The largest absolute Gasteiger partial charge is 0.383 e. The molecule has 11 nitrogen and oxygen atoms in total. The first-order valence-corrected chi connectivity index (χ1v) is 7.19. The number of nitrogens with two attached hydrogens (primary N) is 2. The fourth-order valence-corrected chi connectivity index (χ4v) is 2.14. The molecule has 3 rings (SSSR count). The van der Waals surface area contributed by atoms with Crippen molar-refractivity contribution in [2.24, 2.45) is 10.2 Å². The summed E-state index contributed by atoms with van der Waals surface area (Å²) in [6, 6.07) is 5.57. The molecule has 3 heterocycles. The van der Waals surface area contributed by atoms with Crippen LogP contribution in [0.3, 0.4) is 0 Å². The number of hydrogen-bond donors (Lipinski definition) is 2. The van der Waals surface area contributed by atoms with Crippen LogP contribution in [0.4, 0.5) is 23.1 Å². The zero-order valence-corrected chi connectivity index (χ0v) is 13.5. The summed E-state index contributed by atoms with van der Waals surface area (Å²) in [6.07, 6.45) is 4.53. The van der Waals surface area contributed by atoms with Gasteiger partial charge in [0.25, 0.3) is 5.95 Å². The van der Waals surface area contributed by atoms with Crippen molar-refractivity contribution in [1.82, 2.24) is 24.7 Å². The quantitative estimate of drug-likeness (QED) is 0.672. The molecule has 0 aliphatic heterocycles. The SMILES string of the molecule is Cc1c(C#N)c(N)nc(N)c1N=Nc1nn(-c2ncccn2)cc1C#N. The van der Waals surface area contributed by atoms with Gasteiger partial charge in [0.15, 0.2) is 5.82 Å². The van der Waals surface area contributed by atoms with Crippen LogP contribution in [-0.4, -0.2) is 24.7 Å². The number of nitrogen functional groups attached to an aromatic ring is 2. The van der Waals surface area contributed by atoms with Crippen LogP contribution < -0.4 is 11.5 Å². The molecule has 0 saturated heterocycles. The van der Waals surface area contributed by atoms with Gasteiger partial charge in [0.1, 0.15) is 29.2 Å². The monoisotopic (exact) mass is 345 g/mol. The van der Waals surface area contributed by atoms with Gasteiger partial charge in [0.05, 0.1) is 11.8 Å². The van der Waals surface area contributed by atoms with Gasteiger partial charge in [-0.1, -0.05) is 0 Å². The Morgan fingerprint density at radius 3 is 2.46 bits per heavy atom. The number of pyridine rings is 1. The Morgan fingerprint density at radius 1 is 1.08 bits per heavy atom. The minimum absolute atomic E-state index is 0.0182. The van der Waals surface area contributed by atoms with E-state index >= 15 is 0 Å². The first kappa shape index (κ1) is 16.5. The summed E-state index contributed by atoms with van der Waals surface area (Å²) in [4.78, 5) is 12.0. The molecule has 3 aromatic heterocycles. The summed E-state index contributed by atoms with van der Waals surface area (Å²) in [6.45, 7) is 1.63. The van der Waals surface area contributed by atoms with Crippen LogP contribution in [0.1, 0.15) is 16.7 Å². The van der Waals surface area contributed by atoms with Crippen molar-refractivity contribution >= 4 is 23.1 Å². The Hall–Kier alpha value is -4.38. The molecule has 0 spiro atoms. The standard InChI is InChI=1S/C15H11N11/c1-8-10(6-17)12(18)22-13(19)11(8)23-24-14-9(5-16)7-26(25-14)15-20-3-2-4-21-15/h2-4,7H,1H3,(H4,18,19,22). The summed E-state index contributed by atoms with van der Waals surface area (Å²) < 4.78 is 1.31. The van der Waals surface area contributed by atoms with E-state index in [4.69, 9.17) is 16.7 Å². The minimum Gasteiger partial charge on any atom is -0.383 e. The number of rotatable bonds is 3. The summed E-state index contributed by atoms with van der Waals surface area (Å²) >= 11 is 0. The van der Waals surface area contributed by atoms with Crippen LogP contribution in [0.5, 0.6) is 0 Å². The molecule has 0 unspecified atom stereocenters. The molecule has 0 radical (unpaired) electrons. The molecule has 3 aromatic rings. The van der Waals surface area contributed by atoms with Crippen LogP contribution in [-0.2, 0) is 0 Å². The molecule has 0 aromatic carbocycles. The lowest BCUT2D eigenvalue weighted by atomic mass is 10.1. The number of nitriles is 2. The maximum atomic E-state index is 9.26. The maximum absolute atomic E-state index is 9.26. The zero-order valence-electron chi connectivity index (χ0n) is 13.5. The Morgan fingerprint density at radius 2 is 1.81 bits per heavy atom. The smallest absolute Gasteiger partial charge is 0.250 e. The van der Waals surface area contributed by atoms with E-state index in [1.165, 1.54) is 10.9 Å². The van der Waals surface area contributed by atoms with Gasteiger partial charge in [-0.3, -0.25) is 0 Å². The molecule has 11 heteroatoms. The number of anilines is 2. The van der Waals surface area contributed by atoms with E-state index in [1.54, 1.807) is 25.4 Å². The maximum Gasteiger partial charge on any atom is 0.250 e. The molecular weight excluding hydrogens is 334 g/mol. The van der Waals surface area contributed by atoms with Crippen molar-refractivity contribution in [3.05, 3.63) is 41.3 Å². The first-order chi connectivity index (χ1) is 12.5. The summed E-state index contributed by atoms with van der Waals surface area (Å²) in [5.41, 5.74) is 12.4. The molecular formula is C15H11N11. The van der Waals surface area contributed by atoms with E-state index in [0.717, 1.165) is 0 Å². The van der Waals surface area contributed by atoms with Gasteiger partial charge >= 0.3 is 0 Å². The lowest BCUT2D eigenvalue weighted by Gasteiger charge is -2.06. The second-order valence-electron chi connectivity index (χ2n) is 5.01. The van der Waals surface area contributed by atoms with Crippen LogP contribution in [0.25, 0.3) is 5.95 Å². The van der Waals surface area contributed by atoms with Gasteiger partial charge in [-0.05, 0) is 13.0 Å². The van der Waals surface area contributed by atoms with Crippen LogP contribution >= 0.6 is 0 Å². The van der Waals surface area contributed by atoms with Crippen molar-refractivity contribution in [2.45, 2.75) is 6.92 Å². The zero-order chi connectivity index (χ0) is 18.7. The van der Waals surface area contributed by atoms with Crippen molar-refractivity contribution in [2.75, 3.05) is 11.5 Å². The van der Waals surface area contributed by atoms with Crippen molar-refractivity contribution in [3.8, 4) is 18.1 Å². The highest BCUT2D eigenvalue weighted by Gasteiger charge is 2.15. The number of aromatic nitrogens is 5. The Labute approximate surface area is 147 Å². The highest BCUT2D eigenvalue weighted by Crippen LogP contribution is 2.32. The van der Waals surface area contributed by atoms with Gasteiger partial charge < -0.3 is 11.5 Å². The third kappa shape index (κ3) is 2.88. The predicted octanol–water partition coefficient (Wildman–Crippen LogP) is 1.69. The molecule has 0 amide bonds. The third-order valence-electron chi connectivity index (χ3n) is 3.40. The number of azo groups is 1. The van der Waals surface area contributed by atoms with Gasteiger partial charge in [0.2, 0.25) is 5.82 Å². The molecule has 126 valence electrons. The van der Waals surface area contributed by atoms with Crippen molar-refractivity contribution in [1.29, 1.82) is 10.5 Å². The van der Waals surface area contributed by atoms with E-state index in [-0.39, 0.29) is 40.2 Å². The van der Waals surface area contributed by atoms with Crippen molar-refractivity contribution in [3.63, 3.8) is 0 Å². The average Bonchev–Trinajstić information content (AvgIpc) is 3.05. The van der Waals surface area contributed by atoms with Crippen molar-refractivity contribution < 1.29 is 0 Å². The van der Waals surface area contributed by atoms with Crippen LogP contribution in [0.2, 0.25) is 0 Å². The topological polar surface area (TPSA) is 181 Å². The van der Waals surface area contributed by atoms with E-state index in [1.807, 2.05) is 12.1 Å². The molecule has 0 saturated carbocycles. The van der Waals surface area contributed by atoms with Crippen LogP contribution in [0.15, 0.2) is 34.9 Å². The Kier molecular flexibility index (Phi) is 4.20.